The van der Waals surface area contributed by atoms with Gasteiger partial charge in [0.25, 0.3) is 0 Å². The number of benzene rings is 1. The minimum Gasteiger partial charge on any atom is -0.389 e. The molecule has 7 heteroatoms. The standard InChI is InChI=1S/C22H28N6O/c1-16-20(14-25-26(16)3)15-27-10-12-28(13-11-27)22-21(23-8-9-24-22)19-6-4-18(5-7-19)17(2)29/h4-9,14,17,29H,10-13,15H2,1-3H3. The average molecular weight is 393 g/mol. The summed E-state index contributed by atoms with van der Waals surface area (Å²) >= 11 is 0. The van der Waals surface area contributed by atoms with Crippen LogP contribution in [0.3, 0.4) is 0 Å². The molecule has 1 N–H and O–H groups in total. The first kappa shape index (κ1) is 19.5. The van der Waals surface area contributed by atoms with E-state index in [0.29, 0.717) is 0 Å². The van der Waals surface area contributed by atoms with Crippen LogP contribution in [0.1, 0.15) is 29.8 Å². The molecule has 1 unspecified atom stereocenters. The Morgan fingerprint density at radius 3 is 2.34 bits per heavy atom. The van der Waals surface area contributed by atoms with E-state index in [4.69, 9.17) is 0 Å². The van der Waals surface area contributed by atoms with Crippen molar-refractivity contribution in [3.05, 3.63) is 59.7 Å². The van der Waals surface area contributed by atoms with Crippen molar-refractivity contribution in [2.24, 2.45) is 7.05 Å². The Morgan fingerprint density at radius 2 is 1.72 bits per heavy atom. The normalized spacial score (nSPS) is 16.2. The minimum atomic E-state index is -0.470. The highest BCUT2D eigenvalue weighted by Crippen LogP contribution is 2.28. The van der Waals surface area contributed by atoms with Gasteiger partial charge in [-0.3, -0.25) is 14.6 Å². The van der Waals surface area contributed by atoms with E-state index in [9.17, 15) is 5.11 Å². The summed E-state index contributed by atoms with van der Waals surface area (Å²) in [6, 6.07) is 7.92. The van der Waals surface area contributed by atoms with Crippen LogP contribution in [-0.2, 0) is 13.6 Å². The topological polar surface area (TPSA) is 70.3 Å². The van der Waals surface area contributed by atoms with Gasteiger partial charge in [-0.25, -0.2) is 4.98 Å². The van der Waals surface area contributed by atoms with Gasteiger partial charge in [-0.2, -0.15) is 5.10 Å². The summed E-state index contributed by atoms with van der Waals surface area (Å²) in [5.41, 5.74) is 5.33. The van der Waals surface area contributed by atoms with Gasteiger partial charge < -0.3 is 10.0 Å². The van der Waals surface area contributed by atoms with Crippen LogP contribution in [-0.4, -0.2) is 55.9 Å². The first-order chi connectivity index (χ1) is 14.0. The lowest BCUT2D eigenvalue weighted by atomic mass is 10.1. The monoisotopic (exact) mass is 392 g/mol. The van der Waals surface area contributed by atoms with E-state index in [1.165, 1.54) is 11.3 Å². The van der Waals surface area contributed by atoms with Crippen molar-refractivity contribution in [2.45, 2.75) is 26.5 Å². The molecule has 4 rings (SSSR count). The zero-order valence-electron chi connectivity index (χ0n) is 17.3. The number of aliphatic hydroxyl groups is 1. The highest BCUT2D eigenvalue weighted by molar-refractivity contribution is 5.72. The number of aliphatic hydroxyl groups excluding tert-OH is 1. The molecule has 1 fully saturated rings. The summed E-state index contributed by atoms with van der Waals surface area (Å²) in [6.45, 7) is 8.61. The Kier molecular flexibility index (Phi) is 5.60. The number of aryl methyl sites for hydroxylation is 1. The smallest absolute Gasteiger partial charge is 0.155 e. The number of aromatic nitrogens is 4. The van der Waals surface area contributed by atoms with Gasteiger partial charge in [-0.1, -0.05) is 24.3 Å². The maximum atomic E-state index is 9.75. The van der Waals surface area contributed by atoms with Gasteiger partial charge in [0.2, 0.25) is 0 Å². The molecule has 3 aromatic rings. The summed E-state index contributed by atoms with van der Waals surface area (Å²) in [4.78, 5) is 14.0. The van der Waals surface area contributed by atoms with Gasteiger partial charge in [0.15, 0.2) is 5.82 Å². The van der Waals surface area contributed by atoms with Crippen molar-refractivity contribution in [2.75, 3.05) is 31.1 Å². The molecule has 2 aromatic heterocycles. The van der Waals surface area contributed by atoms with E-state index >= 15 is 0 Å². The predicted octanol–water partition coefficient (Wildman–Crippen LogP) is 2.56. The predicted molar refractivity (Wildman–Crippen MR) is 114 cm³/mol. The van der Waals surface area contributed by atoms with Crippen LogP contribution in [0.2, 0.25) is 0 Å². The largest absolute Gasteiger partial charge is 0.389 e. The Balaban J connectivity index is 1.47. The number of hydrogen-bond donors (Lipinski definition) is 1. The van der Waals surface area contributed by atoms with Crippen molar-refractivity contribution in [3.63, 3.8) is 0 Å². The number of nitrogens with zero attached hydrogens (tertiary/aromatic N) is 6. The molecule has 0 bridgehead atoms. The molecular weight excluding hydrogens is 364 g/mol. The summed E-state index contributed by atoms with van der Waals surface area (Å²) in [5.74, 6) is 0.925. The third kappa shape index (κ3) is 4.16. The van der Waals surface area contributed by atoms with Crippen molar-refractivity contribution >= 4 is 5.82 Å². The second-order valence-corrected chi connectivity index (χ2v) is 7.67. The molecule has 0 amide bonds. The first-order valence-electron chi connectivity index (χ1n) is 10.1. The average Bonchev–Trinajstić information content (AvgIpc) is 3.06. The van der Waals surface area contributed by atoms with E-state index in [1.807, 2.05) is 42.2 Å². The van der Waals surface area contributed by atoms with Gasteiger partial charge in [0, 0.05) is 69.0 Å². The molecule has 1 atom stereocenters. The van der Waals surface area contributed by atoms with Gasteiger partial charge in [-0.15, -0.1) is 0 Å². The number of hydrogen-bond acceptors (Lipinski definition) is 6. The molecule has 3 heterocycles. The van der Waals surface area contributed by atoms with Gasteiger partial charge >= 0.3 is 0 Å². The second kappa shape index (κ2) is 8.31. The second-order valence-electron chi connectivity index (χ2n) is 7.67. The lowest BCUT2D eigenvalue weighted by molar-refractivity contribution is 0.199. The molecular formula is C22H28N6O. The highest BCUT2D eigenvalue weighted by Gasteiger charge is 2.22. The number of anilines is 1. The molecule has 7 nitrogen and oxygen atoms in total. The summed E-state index contributed by atoms with van der Waals surface area (Å²) in [5, 5.41) is 14.1. The van der Waals surface area contributed by atoms with Crippen LogP contribution in [0.25, 0.3) is 11.3 Å². The van der Waals surface area contributed by atoms with E-state index in [2.05, 4.69) is 31.8 Å². The van der Waals surface area contributed by atoms with Crippen LogP contribution in [0.4, 0.5) is 5.82 Å². The van der Waals surface area contributed by atoms with Crippen molar-refractivity contribution in [1.82, 2.24) is 24.6 Å². The third-order valence-corrected chi connectivity index (χ3v) is 5.75. The van der Waals surface area contributed by atoms with Crippen LogP contribution in [0, 0.1) is 6.92 Å². The Morgan fingerprint density at radius 1 is 1.03 bits per heavy atom. The SMILES string of the molecule is Cc1c(CN2CCN(c3nccnc3-c3ccc(C(C)O)cc3)CC2)cnn1C. The lowest BCUT2D eigenvalue weighted by Crippen LogP contribution is -2.46. The molecule has 1 aliphatic heterocycles. The fraction of sp³-hybridized carbons (Fsp3) is 0.409. The third-order valence-electron chi connectivity index (χ3n) is 5.75. The van der Waals surface area contributed by atoms with Gasteiger partial charge in [0.05, 0.1) is 12.3 Å². The fourth-order valence-corrected chi connectivity index (χ4v) is 3.74. The molecule has 1 aliphatic rings. The van der Waals surface area contributed by atoms with Crippen LogP contribution >= 0.6 is 0 Å². The van der Waals surface area contributed by atoms with E-state index in [0.717, 1.165) is 55.4 Å². The van der Waals surface area contributed by atoms with Gasteiger partial charge in [0.1, 0.15) is 5.69 Å². The summed E-state index contributed by atoms with van der Waals surface area (Å²) in [6.07, 6.45) is 5.00. The molecule has 0 aliphatic carbocycles. The van der Waals surface area contributed by atoms with Crippen molar-refractivity contribution in [1.29, 1.82) is 0 Å². The molecule has 1 aromatic carbocycles. The van der Waals surface area contributed by atoms with Crippen molar-refractivity contribution < 1.29 is 5.11 Å². The quantitative estimate of drug-likeness (QED) is 0.720. The Bertz CT molecular complexity index is 958. The number of rotatable bonds is 5. The molecule has 152 valence electrons. The zero-order valence-corrected chi connectivity index (χ0v) is 17.3. The lowest BCUT2D eigenvalue weighted by Gasteiger charge is -2.35. The molecule has 1 saturated heterocycles. The van der Waals surface area contributed by atoms with Crippen LogP contribution in [0.5, 0.6) is 0 Å². The Hall–Kier alpha value is -2.77. The van der Waals surface area contributed by atoms with E-state index < -0.39 is 6.10 Å². The Labute approximate surface area is 171 Å². The van der Waals surface area contributed by atoms with E-state index in [1.54, 1.807) is 19.3 Å². The fourth-order valence-electron chi connectivity index (χ4n) is 3.74. The molecule has 0 radical (unpaired) electrons. The van der Waals surface area contributed by atoms with Crippen LogP contribution < -0.4 is 4.90 Å². The van der Waals surface area contributed by atoms with Gasteiger partial charge in [-0.05, 0) is 19.4 Å². The number of piperazine rings is 1. The highest BCUT2D eigenvalue weighted by atomic mass is 16.3. The molecule has 0 spiro atoms. The summed E-state index contributed by atoms with van der Waals surface area (Å²) in [7, 11) is 1.99. The first-order valence-corrected chi connectivity index (χ1v) is 10.1. The molecule has 0 saturated carbocycles. The molecule has 29 heavy (non-hydrogen) atoms. The summed E-state index contributed by atoms with van der Waals surface area (Å²) < 4.78 is 1.93. The van der Waals surface area contributed by atoms with Crippen molar-refractivity contribution in [3.8, 4) is 11.3 Å². The van der Waals surface area contributed by atoms with E-state index in [-0.39, 0.29) is 0 Å². The van der Waals surface area contributed by atoms with Crippen LogP contribution in [0.15, 0.2) is 42.9 Å². The zero-order chi connectivity index (χ0) is 20.4. The maximum absolute atomic E-state index is 9.75. The maximum Gasteiger partial charge on any atom is 0.155 e. The minimum absolute atomic E-state index is 0.470.